The first-order valence-electron chi connectivity index (χ1n) is 10.1. The van der Waals surface area contributed by atoms with E-state index < -0.39 is 42.0 Å². The number of thiocarbonyl (C=S) groups is 1. The first-order chi connectivity index (χ1) is 16.7. The lowest BCUT2D eigenvalue weighted by Crippen LogP contribution is -2.44. The van der Waals surface area contributed by atoms with Crippen LogP contribution in [0, 0.1) is 5.82 Å². The molecule has 1 aliphatic heterocycles. The van der Waals surface area contributed by atoms with Crippen molar-refractivity contribution in [2.45, 2.75) is 18.9 Å². The molecular formula is C23H19FN2O7S2. The van der Waals surface area contributed by atoms with E-state index in [1.165, 1.54) is 30.3 Å². The molecule has 0 aliphatic carbocycles. The van der Waals surface area contributed by atoms with Crippen LogP contribution in [0.15, 0.2) is 53.4 Å². The topological polar surface area (TPSA) is 133 Å². The van der Waals surface area contributed by atoms with Crippen molar-refractivity contribution in [3.05, 3.63) is 64.8 Å². The fourth-order valence-corrected chi connectivity index (χ4v) is 4.47. The van der Waals surface area contributed by atoms with E-state index >= 15 is 0 Å². The van der Waals surface area contributed by atoms with Gasteiger partial charge in [-0.2, -0.15) is 0 Å². The number of nitrogens with zero attached hydrogens (tertiary/aromatic N) is 1. The molecule has 9 nitrogen and oxygen atoms in total. The molecular weight excluding hydrogens is 499 g/mol. The summed E-state index contributed by atoms with van der Waals surface area (Å²) in [7, 11) is 0. The summed E-state index contributed by atoms with van der Waals surface area (Å²) in [6.45, 7) is -0.362. The molecule has 3 rings (SSSR count). The van der Waals surface area contributed by atoms with Crippen molar-refractivity contribution in [3.63, 3.8) is 0 Å². The van der Waals surface area contributed by atoms with E-state index in [1.54, 1.807) is 24.3 Å². The van der Waals surface area contributed by atoms with Crippen molar-refractivity contribution in [1.29, 1.82) is 0 Å². The first-order valence-corrected chi connectivity index (χ1v) is 11.4. The zero-order valence-electron chi connectivity index (χ0n) is 18.0. The van der Waals surface area contributed by atoms with Gasteiger partial charge in [-0.05, 0) is 42.8 Å². The number of aliphatic carboxylic acids is 2. The molecule has 182 valence electrons. The Hall–Kier alpha value is -3.77. The summed E-state index contributed by atoms with van der Waals surface area (Å²) >= 11 is 6.07. The van der Waals surface area contributed by atoms with Crippen LogP contribution in [0.4, 0.5) is 10.1 Å². The molecule has 1 heterocycles. The fraction of sp³-hybridized carbons (Fsp3) is 0.174. The summed E-state index contributed by atoms with van der Waals surface area (Å²) in [5.74, 6) is -3.85. The smallest absolute Gasteiger partial charge is 0.326 e. The predicted molar refractivity (Wildman–Crippen MR) is 130 cm³/mol. The molecule has 1 saturated heterocycles. The number of halogens is 1. The number of ether oxygens (including phenoxy) is 1. The SMILES string of the molecule is O=C(O)CCC(C(=O)O)N1C(=O)/C(=C/c2ccccc2OCC(=O)Nc2ccc(F)cc2)SC1=S. The fourth-order valence-electron chi connectivity index (χ4n) is 3.12. The molecule has 0 aromatic heterocycles. The van der Waals surface area contributed by atoms with Crippen LogP contribution in [-0.4, -0.2) is 55.8 Å². The van der Waals surface area contributed by atoms with Gasteiger partial charge in [0.2, 0.25) is 0 Å². The van der Waals surface area contributed by atoms with Gasteiger partial charge in [0.05, 0.1) is 4.91 Å². The second-order valence-corrected chi connectivity index (χ2v) is 8.90. The molecule has 0 radical (unpaired) electrons. The number of anilines is 1. The van der Waals surface area contributed by atoms with Crippen LogP contribution in [0.2, 0.25) is 0 Å². The van der Waals surface area contributed by atoms with E-state index in [1.807, 2.05) is 0 Å². The van der Waals surface area contributed by atoms with E-state index in [0.29, 0.717) is 11.3 Å². The van der Waals surface area contributed by atoms with E-state index in [-0.39, 0.29) is 28.0 Å². The molecule has 0 spiro atoms. The van der Waals surface area contributed by atoms with E-state index in [2.05, 4.69) is 5.32 Å². The highest BCUT2D eigenvalue weighted by atomic mass is 32.2. The number of amides is 2. The Balaban J connectivity index is 1.72. The predicted octanol–water partition coefficient (Wildman–Crippen LogP) is 3.36. The van der Waals surface area contributed by atoms with Gasteiger partial charge >= 0.3 is 11.9 Å². The number of carboxylic acids is 2. The summed E-state index contributed by atoms with van der Waals surface area (Å²) in [6.07, 6.45) is 0.722. The maximum atomic E-state index is 13.0. The van der Waals surface area contributed by atoms with Crippen molar-refractivity contribution in [2.24, 2.45) is 0 Å². The van der Waals surface area contributed by atoms with Crippen LogP contribution in [0.5, 0.6) is 5.75 Å². The molecule has 0 saturated carbocycles. The number of rotatable bonds is 10. The number of carbonyl (C=O) groups is 4. The largest absolute Gasteiger partial charge is 0.483 e. The quantitative estimate of drug-likeness (QED) is 0.320. The van der Waals surface area contributed by atoms with Crippen LogP contribution in [-0.2, 0) is 19.2 Å². The maximum absolute atomic E-state index is 13.0. The second kappa shape index (κ2) is 11.6. The number of hydrogen-bond donors (Lipinski definition) is 3. The zero-order valence-corrected chi connectivity index (χ0v) is 19.6. The number of carboxylic acid groups (broad SMARTS) is 2. The maximum Gasteiger partial charge on any atom is 0.326 e. The average Bonchev–Trinajstić information content (AvgIpc) is 3.07. The van der Waals surface area contributed by atoms with Gasteiger partial charge in [0.1, 0.15) is 21.9 Å². The lowest BCUT2D eigenvalue weighted by Gasteiger charge is -2.22. The Morgan fingerprint density at radius 3 is 2.49 bits per heavy atom. The minimum atomic E-state index is -1.41. The van der Waals surface area contributed by atoms with Gasteiger partial charge in [0, 0.05) is 17.7 Å². The monoisotopic (exact) mass is 518 g/mol. The lowest BCUT2D eigenvalue weighted by molar-refractivity contribution is -0.146. The Kier molecular flexibility index (Phi) is 8.55. The standard InChI is InChI=1S/C23H19FN2O7S2/c24-14-5-7-15(8-6-14)25-19(27)12-33-17-4-2-1-3-13(17)11-18-21(30)26(23(34)35-18)16(22(31)32)9-10-20(28)29/h1-8,11,16H,9-10,12H2,(H,25,27)(H,28,29)(H,31,32)/b18-11-. The van der Waals surface area contributed by atoms with Crippen molar-refractivity contribution >= 4 is 63.8 Å². The third-order valence-corrected chi connectivity index (χ3v) is 6.07. The van der Waals surface area contributed by atoms with Gasteiger partial charge in [-0.1, -0.05) is 42.2 Å². The summed E-state index contributed by atoms with van der Waals surface area (Å²) in [6, 6.07) is 10.4. The minimum absolute atomic E-state index is 0.00360. The molecule has 2 aromatic rings. The summed E-state index contributed by atoms with van der Waals surface area (Å²) < 4.78 is 18.6. The Morgan fingerprint density at radius 1 is 1.14 bits per heavy atom. The molecule has 2 amide bonds. The number of nitrogens with one attached hydrogen (secondary N) is 1. The normalized spacial score (nSPS) is 15.2. The van der Waals surface area contributed by atoms with Crippen LogP contribution < -0.4 is 10.1 Å². The van der Waals surface area contributed by atoms with Crippen molar-refractivity contribution in [1.82, 2.24) is 4.90 Å². The van der Waals surface area contributed by atoms with Crippen molar-refractivity contribution in [3.8, 4) is 5.75 Å². The number of benzene rings is 2. The zero-order chi connectivity index (χ0) is 25.5. The van der Waals surface area contributed by atoms with Crippen LogP contribution in [0.25, 0.3) is 6.08 Å². The third kappa shape index (κ3) is 6.87. The molecule has 1 unspecified atom stereocenters. The molecule has 1 fully saturated rings. The highest BCUT2D eigenvalue weighted by molar-refractivity contribution is 8.26. The van der Waals surface area contributed by atoms with Gasteiger partial charge in [0.15, 0.2) is 6.61 Å². The first kappa shape index (κ1) is 25.8. The number of carbonyl (C=O) groups excluding carboxylic acids is 2. The highest BCUT2D eigenvalue weighted by Gasteiger charge is 2.40. The van der Waals surface area contributed by atoms with E-state index in [4.69, 9.17) is 22.1 Å². The van der Waals surface area contributed by atoms with Gasteiger partial charge in [-0.3, -0.25) is 19.3 Å². The summed E-state index contributed by atoms with van der Waals surface area (Å²) in [4.78, 5) is 48.7. The molecule has 2 aromatic carbocycles. The highest BCUT2D eigenvalue weighted by Crippen LogP contribution is 2.36. The number of para-hydroxylation sites is 1. The summed E-state index contributed by atoms with van der Waals surface area (Å²) in [5.41, 5.74) is 0.841. The van der Waals surface area contributed by atoms with Crippen LogP contribution in [0.1, 0.15) is 18.4 Å². The van der Waals surface area contributed by atoms with Gasteiger partial charge in [-0.15, -0.1) is 0 Å². The van der Waals surface area contributed by atoms with Crippen molar-refractivity contribution < 1.29 is 38.5 Å². The van der Waals surface area contributed by atoms with Crippen molar-refractivity contribution in [2.75, 3.05) is 11.9 Å². The molecule has 1 aliphatic rings. The van der Waals surface area contributed by atoms with Gasteiger partial charge < -0.3 is 20.3 Å². The van der Waals surface area contributed by atoms with E-state index in [9.17, 15) is 28.7 Å². The second-order valence-electron chi connectivity index (χ2n) is 7.22. The molecule has 12 heteroatoms. The molecule has 1 atom stereocenters. The minimum Gasteiger partial charge on any atom is -0.483 e. The summed E-state index contributed by atoms with van der Waals surface area (Å²) in [5, 5.41) is 20.9. The number of thioether (sulfide) groups is 1. The van der Waals surface area contributed by atoms with Crippen LogP contribution >= 0.6 is 24.0 Å². The number of hydrogen-bond acceptors (Lipinski definition) is 7. The third-order valence-electron chi connectivity index (χ3n) is 4.74. The van der Waals surface area contributed by atoms with Crippen LogP contribution in [0.3, 0.4) is 0 Å². The molecule has 0 bridgehead atoms. The molecule has 3 N–H and O–H groups in total. The Morgan fingerprint density at radius 2 is 1.83 bits per heavy atom. The van der Waals surface area contributed by atoms with Gasteiger partial charge in [-0.25, -0.2) is 9.18 Å². The average molecular weight is 519 g/mol. The van der Waals surface area contributed by atoms with Gasteiger partial charge in [0.25, 0.3) is 11.8 Å². The molecule has 35 heavy (non-hydrogen) atoms. The lowest BCUT2D eigenvalue weighted by atomic mass is 10.1. The Bertz CT molecular complexity index is 1200. The Labute approximate surface area is 208 Å². The van der Waals surface area contributed by atoms with E-state index in [0.717, 1.165) is 16.7 Å².